The third kappa shape index (κ3) is 6.63. The monoisotopic (exact) mass is 293 g/mol. The lowest BCUT2D eigenvalue weighted by Crippen LogP contribution is -2.28. The Morgan fingerprint density at radius 1 is 1.24 bits per heavy atom. The predicted molar refractivity (Wildman–Crippen MR) is 84.9 cm³/mol. The van der Waals surface area contributed by atoms with E-state index >= 15 is 0 Å². The summed E-state index contributed by atoms with van der Waals surface area (Å²) in [4.78, 5) is 11.1. The number of hydrogen-bond acceptors (Lipinski definition) is 3. The van der Waals surface area contributed by atoms with Crippen molar-refractivity contribution in [2.24, 2.45) is 0 Å². The van der Waals surface area contributed by atoms with Crippen molar-refractivity contribution < 1.29 is 14.6 Å². The molecule has 118 valence electrons. The van der Waals surface area contributed by atoms with Gasteiger partial charge in [0.05, 0.1) is 0 Å². The number of ether oxygens (including phenoxy) is 1. The molecule has 0 saturated heterocycles. The van der Waals surface area contributed by atoms with Crippen LogP contribution in [-0.2, 0) is 11.2 Å². The van der Waals surface area contributed by atoms with Gasteiger partial charge >= 0.3 is 5.97 Å². The summed E-state index contributed by atoms with van der Waals surface area (Å²) >= 11 is 0. The van der Waals surface area contributed by atoms with E-state index in [1.165, 1.54) is 5.56 Å². The first-order valence-electron chi connectivity index (χ1n) is 7.78. The van der Waals surface area contributed by atoms with E-state index in [-0.39, 0.29) is 0 Å². The molecule has 0 saturated carbocycles. The first-order chi connectivity index (χ1) is 10.1. The van der Waals surface area contributed by atoms with Gasteiger partial charge < -0.3 is 15.2 Å². The van der Waals surface area contributed by atoms with Crippen molar-refractivity contribution in [2.45, 2.75) is 58.6 Å². The maximum Gasteiger partial charge on any atom is 0.344 e. The van der Waals surface area contributed by atoms with Crippen LogP contribution >= 0.6 is 0 Å². The van der Waals surface area contributed by atoms with Crippen molar-refractivity contribution in [1.29, 1.82) is 0 Å². The number of aliphatic carboxylic acids is 1. The van der Waals surface area contributed by atoms with Gasteiger partial charge in [0, 0.05) is 6.04 Å². The second-order valence-corrected chi connectivity index (χ2v) is 5.44. The third-order valence-electron chi connectivity index (χ3n) is 3.31. The molecule has 1 aromatic rings. The van der Waals surface area contributed by atoms with Crippen LogP contribution in [-0.4, -0.2) is 29.8 Å². The van der Waals surface area contributed by atoms with E-state index in [0.717, 1.165) is 25.8 Å². The van der Waals surface area contributed by atoms with Gasteiger partial charge in [0.1, 0.15) is 5.75 Å². The molecule has 1 aromatic carbocycles. The molecule has 2 unspecified atom stereocenters. The SMILES string of the molecule is CCCNC(C)Cc1ccc(OC(CCC)C(=O)O)cc1. The van der Waals surface area contributed by atoms with E-state index in [1.54, 1.807) is 0 Å². The highest BCUT2D eigenvalue weighted by molar-refractivity contribution is 5.72. The summed E-state index contributed by atoms with van der Waals surface area (Å²) in [7, 11) is 0. The molecule has 2 N–H and O–H groups in total. The summed E-state index contributed by atoms with van der Waals surface area (Å²) < 4.78 is 5.53. The molecule has 0 aliphatic carbocycles. The Morgan fingerprint density at radius 2 is 1.90 bits per heavy atom. The molecular formula is C17H27NO3. The standard InChI is InChI=1S/C17H27NO3/c1-4-6-16(17(19)20)21-15-9-7-14(8-10-15)12-13(3)18-11-5-2/h7-10,13,16,18H,4-6,11-12H2,1-3H3,(H,19,20). The quantitative estimate of drug-likeness (QED) is 0.695. The lowest BCUT2D eigenvalue weighted by Gasteiger charge is -2.16. The molecular weight excluding hydrogens is 266 g/mol. The molecule has 0 heterocycles. The topological polar surface area (TPSA) is 58.6 Å². The van der Waals surface area contributed by atoms with Gasteiger partial charge in [-0.25, -0.2) is 4.79 Å². The Labute approximate surface area is 127 Å². The highest BCUT2D eigenvalue weighted by Crippen LogP contribution is 2.16. The Balaban J connectivity index is 2.54. The van der Waals surface area contributed by atoms with Gasteiger partial charge in [0.15, 0.2) is 6.10 Å². The van der Waals surface area contributed by atoms with Crippen molar-refractivity contribution >= 4 is 5.97 Å². The van der Waals surface area contributed by atoms with Gasteiger partial charge in [-0.15, -0.1) is 0 Å². The minimum Gasteiger partial charge on any atom is -0.479 e. The second kappa shape index (κ2) is 9.40. The lowest BCUT2D eigenvalue weighted by atomic mass is 10.1. The van der Waals surface area contributed by atoms with E-state index in [4.69, 9.17) is 9.84 Å². The number of carbonyl (C=O) groups is 1. The molecule has 0 aliphatic heterocycles. The Morgan fingerprint density at radius 3 is 2.43 bits per heavy atom. The minimum absolute atomic E-state index is 0.434. The molecule has 0 bridgehead atoms. The van der Waals surface area contributed by atoms with Crippen LogP contribution in [0.3, 0.4) is 0 Å². The van der Waals surface area contributed by atoms with Crippen molar-refractivity contribution in [2.75, 3.05) is 6.54 Å². The molecule has 0 amide bonds. The molecule has 4 nitrogen and oxygen atoms in total. The minimum atomic E-state index is -0.904. The maximum absolute atomic E-state index is 11.1. The van der Waals surface area contributed by atoms with Crippen LogP contribution in [0.1, 0.15) is 45.6 Å². The van der Waals surface area contributed by atoms with Crippen LogP contribution in [0.2, 0.25) is 0 Å². The Hall–Kier alpha value is -1.55. The third-order valence-corrected chi connectivity index (χ3v) is 3.31. The zero-order valence-electron chi connectivity index (χ0n) is 13.3. The number of benzene rings is 1. The predicted octanol–water partition coefficient (Wildman–Crippen LogP) is 3.25. The first-order valence-corrected chi connectivity index (χ1v) is 7.78. The highest BCUT2D eigenvalue weighted by Gasteiger charge is 2.17. The van der Waals surface area contributed by atoms with Gasteiger partial charge in [-0.2, -0.15) is 0 Å². The average molecular weight is 293 g/mol. The molecule has 4 heteroatoms. The van der Waals surface area contributed by atoms with Crippen molar-refractivity contribution in [3.8, 4) is 5.75 Å². The van der Waals surface area contributed by atoms with Crippen LogP contribution in [0.4, 0.5) is 0 Å². The number of rotatable bonds is 10. The largest absolute Gasteiger partial charge is 0.479 e. The average Bonchev–Trinajstić information content (AvgIpc) is 2.46. The van der Waals surface area contributed by atoms with E-state index in [9.17, 15) is 4.79 Å². The van der Waals surface area contributed by atoms with Gasteiger partial charge in [0.25, 0.3) is 0 Å². The van der Waals surface area contributed by atoms with Gasteiger partial charge in [-0.05, 0) is 50.4 Å². The highest BCUT2D eigenvalue weighted by atomic mass is 16.5. The summed E-state index contributed by atoms with van der Waals surface area (Å²) in [5, 5.41) is 12.5. The molecule has 1 rings (SSSR count). The number of hydrogen-bond donors (Lipinski definition) is 2. The fourth-order valence-corrected chi connectivity index (χ4v) is 2.18. The molecule has 0 aliphatic rings. The molecule has 2 atom stereocenters. The Kier molecular flexibility index (Phi) is 7.83. The summed E-state index contributed by atoms with van der Waals surface area (Å²) in [6, 6.07) is 8.15. The first kappa shape index (κ1) is 17.5. The normalized spacial score (nSPS) is 13.7. The molecule has 0 aromatic heterocycles. The second-order valence-electron chi connectivity index (χ2n) is 5.44. The zero-order chi connectivity index (χ0) is 15.7. The van der Waals surface area contributed by atoms with Crippen LogP contribution < -0.4 is 10.1 Å². The van der Waals surface area contributed by atoms with Crippen molar-refractivity contribution in [1.82, 2.24) is 5.32 Å². The van der Waals surface area contributed by atoms with Crippen molar-refractivity contribution in [3.63, 3.8) is 0 Å². The van der Waals surface area contributed by atoms with E-state index in [1.807, 2.05) is 31.2 Å². The zero-order valence-corrected chi connectivity index (χ0v) is 13.3. The number of nitrogens with one attached hydrogen (secondary N) is 1. The van der Waals surface area contributed by atoms with Gasteiger partial charge in [-0.3, -0.25) is 0 Å². The van der Waals surface area contributed by atoms with Crippen LogP contribution in [0.5, 0.6) is 5.75 Å². The molecule has 0 radical (unpaired) electrons. The van der Waals surface area contributed by atoms with Crippen molar-refractivity contribution in [3.05, 3.63) is 29.8 Å². The van der Waals surface area contributed by atoms with E-state index < -0.39 is 12.1 Å². The van der Waals surface area contributed by atoms with E-state index in [0.29, 0.717) is 18.2 Å². The van der Waals surface area contributed by atoms with Crippen LogP contribution in [0.15, 0.2) is 24.3 Å². The number of carboxylic acids is 1. The molecule has 0 spiro atoms. The van der Waals surface area contributed by atoms with Crippen LogP contribution in [0, 0.1) is 0 Å². The van der Waals surface area contributed by atoms with Gasteiger partial charge in [0.2, 0.25) is 0 Å². The summed E-state index contributed by atoms with van der Waals surface area (Å²) in [5.74, 6) is -0.285. The molecule has 0 fully saturated rings. The number of carboxylic acid groups (broad SMARTS) is 1. The van der Waals surface area contributed by atoms with Crippen LogP contribution in [0.25, 0.3) is 0 Å². The maximum atomic E-state index is 11.1. The summed E-state index contributed by atoms with van der Waals surface area (Å²) in [6.07, 6.45) is 2.64. The summed E-state index contributed by atoms with van der Waals surface area (Å²) in [6.45, 7) is 7.30. The lowest BCUT2D eigenvalue weighted by molar-refractivity contribution is -0.145. The Bertz CT molecular complexity index is 417. The van der Waals surface area contributed by atoms with Gasteiger partial charge in [-0.1, -0.05) is 32.4 Å². The van der Waals surface area contributed by atoms with E-state index in [2.05, 4.69) is 19.2 Å². The fourth-order valence-electron chi connectivity index (χ4n) is 2.18. The molecule has 21 heavy (non-hydrogen) atoms. The fraction of sp³-hybridized carbons (Fsp3) is 0.588. The summed E-state index contributed by atoms with van der Waals surface area (Å²) in [5.41, 5.74) is 1.22. The smallest absolute Gasteiger partial charge is 0.344 e.